The lowest BCUT2D eigenvalue weighted by Gasteiger charge is -2.40. The first-order valence-electron chi connectivity index (χ1n) is 6.11. The quantitative estimate of drug-likeness (QED) is 0.829. The fraction of sp³-hybridized carbons (Fsp3) is 0.917. The van der Waals surface area contributed by atoms with Gasteiger partial charge in [-0.15, -0.1) is 0 Å². The molecule has 1 aliphatic carbocycles. The van der Waals surface area contributed by atoms with Gasteiger partial charge in [0.1, 0.15) is 5.60 Å². The van der Waals surface area contributed by atoms with Gasteiger partial charge in [0.25, 0.3) is 6.43 Å². The first-order chi connectivity index (χ1) is 8.20. The average molecular weight is 263 g/mol. The highest BCUT2D eigenvalue weighted by molar-refractivity contribution is 5.71. The van der Waals surface area contributed by atoms with Gasteiger partial charge in [0.15, 0.2) is 0 Å². The van der Waals surface area contributed by atoms with Gasteiger partial charge in [-0.1, -0.05) is 0 Å². The topological polar surface area (TPSA) is 49.8 Å². The second-order valence-electron chi connectivity index (χ2n) is 6.23. The highest BCUT2D eigenvalue weighted by Crippen LogP contribution is 2.56. The van der Waals surface area contributed by atoms with Gasteiger partial charge in [-0.2, -0.15) is 0 Å². The van der Waals surface area contributed by atoms with E-state index in [4.69, 9.17) is 4.74 Å². The minimum absolute atomic E-state index is 0.218. The van der Waals surface area contributed by atoms with Crippen LogP contribution in [-0.2, 0) is 4.74 Å². The number of amides is 1. The summed E-state index contributed by atoms with van der Waals surface area (Å²) >= 11 is 0. The summed E-state index contributed by atoms with van der Waals surface area (Å²) in [7, 11) is 0. The molecule has 1 amide bonds. The molecule has 0 aromatic carbocycles. The lowest BCUT2D eigenvalue weighted by Crippen LogP contribution is -2.54. The molecular formula is C12H19F2NO3. The van der Waals surface area contributed by atoms with E-state index in [-0.39, 0.29) is 12.5 Å². The van der Waals surface area contributed by atoms with Gasteiger partial charge in [0.05, 0.1) is 18.2 Å². The van der Waals surface area contributed by atoms with Crippen LogP contribution in [0, 0.1) is 5.92 Å². The number of halogens is 2. The maximum absolute atomic E-state index is 13.0. The SMILES string of the molecule is CC(C)(C)OC(=O)N1C(C(F)F)C2CC1(CO)C2. The van der Waals surface area contributed by atoms with E-state index in [1.165, 1.54) is 0 Å². The monoisotopic (exact) mass is 263 g/mol. The van der Waals surface area contributed by atoms with Crippen molar-refractivity contribution in [2.75, 3.05) is 6.61 Å². The fourth-order valence-electron chi connectivity index (χ4n) is 3.03. The van der Waals surface area contributed by atoms with Crippen molar-refractivity contribution in [1.29, 1.82) is 0 Å². The Morgan fingerprint density at radius 2 is 2.06 bits per heavy atom. The number of nitrogens with zero attached hydrogens (tertiary/aromatic N) is 1. The Labute approximate surface area is 105 Å². The second kappa shape index (κ2) is 4.05. The Kier molecular flexibility index (Phi) is 3.04. The number of rotatable bonds is 2. The van der Waals surface area contributed by atoms with Gasteiger partial charge in [-0.25, -0.2) is 13.6 Å². The number of fused-ring (bicyclic) bond motifs is 1. The molecule has 0 radical (unpaired) electrons. The molecular weight excluding hydrogens is 244 g/mol. The van der Waals surface area contributed by atoms with Crippen molar-refractivity contribution in [2.24, 2.45) is 5.92 Å². The van der Waals surface area contributed by atoms with E-state index in [9.17, 15) is 18.7 Å². The molecule has 104 valence electrons. The highest BCUT2D eigenvalue weighted by atomic mass is 19.3. The molecule has 2 bridgehead atoms. The van der Waals surface area contributed by atoms with E-state index >= 15 is 0 Å². The van der Waals surface area contributed by atoms with Crippen LogP contribution in [0.3, 0.4) is 0 Å². The number of carbonyl (C=O) groups excluding carboxylic acids is 1. The van der Waals surface area contributed by atoms with Crippen LogP contribution in [0.1, 0.15) is 33.6 Å². The first kappa shape index (κ1) is 13.5. The summed E-state index contributed by atoms with van der Waals surface area (Å²) in [6, 6.07) is -1.12. The summed E-state index contributed by atoms with van der Waals surface area (Å²) in [6.45, 7) is 4.78. The summed E-state index contributed by atoms with van der Waals surface area (Å²) in [5, 5.41) is 9.39. The molecule has 6 heteroatoms. The minimum Gasteiger partial charge on any atom is -0.444 e. The summed E-state index contributed by atoms with van der Waals surface area (Å²) < 4.78 is 31.2. The summed E-state index contributed by atoms with van der Waals surface area (Å²) in [5.74, 6) is -0.218. The van der Waals surface area contributed by atoms with Crippen molar-refractivity contribution in [3.63, 3.8) is 0 Å². The van der Waals surface area contributed by atoms with Gasteiger partial charge >= 0.3 is 6.09 Å². The van der Waals surface area contributed by atoms with Crippen LogP contribution in [-0.4, -0.2) is 46.3 Å². The third-order valence-corrected chi connectivity index (χ3v) is 3.72. The smallest absolute Gasteiger partial charge is 0.411 e. The van der Waals surface area contributed by atoms with Gasteiger partial charge in [-0.05, 0) is 39.5 Å². The molecule has 3 rings (SSSR count). The van der Waals surface area contributed by atoms with Crippen molar-refractivity contribution in [2.45, 2.75) is 57.2 Å². The van der Waals surface area contributed by atoms with Crippen LogP contribution in [0.2, 0.25) is 0 Å². The maximum Gasteiger partial charge on any atom is 0.411 e. The Balaban J connectivity index is 2.20. The standard InChI is InChI=1S/C12H19F2NO3/c1-11(2,3)18-10(17)15-8(9(13)14)7-4-12(15,5-7)6-16/h7-9,16H,4-6H2,1-3H3. The van der Waals surface area contributed by atoms with Crippen LogP contribution in [0.5, 0.6) is 0 Å². The molecule has 1 unspecified atom stereocenters. The number of ether oxygens (including phenoxy) is 1. The molecule has 0 aromatic heterocycles. The third kappa shape index (κ3) is 1.96. The summed E-state index contributed by atoms with van der Waals surface area (Å²) in [5.41, 5.74) is -1.55. The number of carbonyl (C=O) groups is 1. The van der Waals surface area contributed by atoms with Crippen LogP contribution in [0.4, 0.5) is 13.6 Å². The van der Waals surface area contributed by atoms with Crippen molar-refractivity contribution in [3.8, 4) is 0 Å². The van der Waals surface area contributed by atoms with E-state index in [2.05, 4.69) is 0 Å². The van der Waals surface area contributed by atoms with E-state index in [1.807, 2.05) is 0 Å². The number of aliphatic hydroxyl groups is 1. The zero-order valence-corrected chi connectivity index (χ0v) is 10.8. The molecule has 1 atom stereocenters. The second-order valence-corrected chi connectivity index (χ2v) is 6.23. The van der Waals surface area contributed by atoms with Crippen LogP contribution in [0.25, 0.3) is 0 Å². The molecule has 4 nitrogen and oxygen atoms in total. The zero-order chi connectivity index (χ0) is 13.7. The Hall–Kier alpha value is -0.910. The van der Waals surface area contributed by atoms with Gasteiger partial charge in [-0.3, -0.25) is 4.90 Å². The van der Waals surface area contributed by atoms with Crippen molar-refractivity contribution >= 4 is 6.09 Å². The third-order valence-electron chi connectivity index (χ3n) is 3.72. The van der Waals surface area contributed by atoms with Gasteiger partial charge in [0.2, 0.25) is 0 Å². The molecule has 3 fully saturated rings. The average Bonchev–Trinajstić information content (AvgIpc) is 2.62. The molecule has 0 spiro atoms. The first-order valence-corrected chi connectivity index (χ1v) is 6.11. The molecule has 0 aromatic rings. The predicted molar refractivity (Wildman–Crippen MR) is 60.4 cm³/mol. The van der Waals surface area contributed by atoms with E-state index in [0.29, 0.717) is 12.8 Å². The number of hydrogen-bond acceptors (Lipinski definition) is 3. The molecule has 2 saturated heterocycles. The fourth-order valence-corrected chi connectivity index (χ4v) is 3.03. The normalized spacial score (nSPS) is 34.7. The van der Waals surface area contributed by atoms with Crippen molar-refractivity contribution in [1.82, 2.24) is 4.90 Å². The largest absolute Gasteiger partial charge is 0.444 e. The number of aliphatic hydroxyl groups excluding tert-OH is 1. The van der Waals surface area contributed by atoms with Crippen LogP contribution >= 0.6 is 0 Å². The minimum atomic E-state index is -2.60. The van der Waals surface area contributed by atoms with Crippen LogP contribution in [0.15, 0.2) is 0 Å². The van der Waals surface area contributed by atoms with Gasteiger partial charge < -0.3 is 9.84 Å². The summed E-state index contributed by atoms with van der Waals surface area (Å²) in [6.07, 6.45) is -2.46. The number of alkyl halides is 2. The van der Waals surface area contributed by atoms with Crippen molar-refractivity contribution < 1.29 is 23.4 Å². The van der Waals surface area contributed by atoms with Gasteiger partial charge in [0, 0.05) is 0 Å². The Bertz CT molecular complexity index is 348. The zero-order valence-electron chi connectivity index (χ0n) is 10.8. The Morgan fingerprint density at radius 3 is 2.44 bits per heavy atom. The molecule has 18 heavy (non-hydrogen) atoms. The molecule has 2 aliphatic heterocycles. The maximum atomic E-state index is 13.0. The molecule has 1 N–H and O–H groups in total. The summed E-state index contributed by atoms with van der Waals surface area (Å²) in [4.78, 5) is 13.1. The van der Waals surface area contributed by atoms with E-state index in [1.54, 1.807) is 20.8 Å². The number of hydrogen-bond donors (Lipinski definition) is 1. The lowest BCUT2D eigenvalue weighted by atomic mass is 9.72. The van der Waals surface area contributed by atoms with E-state index in [0.717, 1.165) is 4.90 Å². The van der Waals surface area contributed by atoms with Crippen LogP contribution < -0.4 is 0 Å². The Morgan fingerprint density at radius 1 is 1.50 bits per heavy atom. The lowest BCUT2D eigenvalue weighted by molar-refractivity contribution is -0.0296. The van der Waals surface area contributed by atoms with Crippen molar-refractivity contribution in [3.05, 3.63) is 0 Å². The highest BCUT2D eigenvalue weighted by Gasteiger charge is 2.66. The molecule has 1 saturated carbocycles. The predicted octanol–water partition coefficient (Wildman–Crippen LogP) is 2.01. The molecule has 3 aliphatic rings. The van der Waals surface area contributed by atoms with E-state index < -0.39 is 29.7 Å². The molecule has 2 heterocycles.